The minimum absolute atomic E-state index is 0.0929. The molecule has 0 aliphatic rings. The highest BCUT2D eigenvalue weighted by Gasteiger charge is 2.36. The summed E-state index contributed by atoms with van der Waals surface area (Å²) in [5, 5.41) is 2.89. The second-order valence-electron chi connectivity index (χ2n) is 8.37. The number of carbonyl (C=O) groups excluding carboxylic acids is 3. The number of nitrogens with one attached hydrogen (secondary N) is 1. The van der Waals surface area contributed by atoms with Gasteiger partial charge in [-0.25, -0.2) is 4.79 Å². The van der Waals surface area contributed by atoms with E-state index in [1.165, 1.54) is 0 Å². The minimum atomic E-state index is -0.640. The van der Waals surface area contributed by atoms with Gasteiger partial charge in [0.1, 0.15) is 6.04 Å². The monoisotopic (exact) mass is 382 g/mol. The van der Waals surface area contributed by atoms with Gasteiger partial charge in [0, 0.05) is 19.0 Å². The molecule has 0 rings (SSSR count). The third-order valence-electron chi connectivity index (χ3n) is 4.39. The summed E-state index contributed by atoms with van der Waals surface area (Å²) in [6, 6.07) is -0.922. The number of esters is 1. The second-order valence-corrected chi connectivity index (χ2v) is 8.37. The van der Waals surface area contributed by atoms with E-state index in [0.717, 1.165) is 6.42 Å². The number of carbonyl (C=O) groups is 3. The van der Waals surface area contributed by atoms with Crippen molar-refractivity contribution >= 4 is 17.8 Å². The van der Waals surface area contributed by atoms with Gasteiger partial charge in [-0.1, -0.05) is 47.6 Å². The Labute approximate surface area is 164 Å². The van der Waals surface area contributed by atoms with Gasteiger partial charge >= 0.3 is 5.97 Å². The minimum Gasteiger partial charge on any atom is -0.463 e. The van der Waals surface area contributed by atoms with Crippen molar-refractivity contribution in [2.24, 2.45) is 11.3 Å². The van der Waals surface area contributed by atoms with E-state index in [1.54, 1.807) is 31.9 Å². The van der Waals surface area contributed by atoms with Gasteiger partial charge < -0.3 is 15.0 Å². The average Bonchev–Trinajstić information content (AvgIpc) is 2.55. The zero-order chi connectivity index (χ0) is 21.4. The lowest BCUT2D eigenvalue weighted by Gasteiger charge is -2.37. The maximum atomic E-state index is 13.2. The molecule has 0 aromatic carbocycles. The van der Waals surface area contributed by atoms with Crippen molar-refractivity contribution in [1.29, 1.82) is 0 Å². The molecule has 2 amide bonds. The SMILES string of the molecule is CCCC(=O)NC(C(=O)N(C)C(/C=C(\C)C(=O)OCC)C(C)C)C(C)(C)C. The Morgan fingerprint density at radius 1 is 1.15 bits per heavy atom. The van der Waals surface area contributed by atoms with Crippen molar-refractivity contribution in [2.75, 3.05) is 13.7 Å². The van der Waals surface area contributed by atoms with Crippen LogP contribution < -0.4 is 5.32 Å². The molecule has 0 heterocycles. The quantitative estimate of drug-likeness (QED) is 0.490. The summed E-state index contributed by atoms with van der Waals surface area (Å²) < 4.78 is 5.04. The van der Waals surface area contributed by atoms with Gasteiger partial charge in [-0.15, -0.1) is 0 Å². The molecule has 27 heavy (non-hydrogen) atoms. The van der Waals surface area contributed by atoms with Crippen LogP contribution in [0.2, 0.25) is 0 Å². The van der Waals surface area contributed by atoms with Gasteiger partial charge in [0.2, 0.25) is 11.8 Å². The Morgan fingerprint density at radius 3 is 2.11 bits per heavy atom. The van der Waals surface area contributed by atoms with E-state index in [9.17, 15) is 14.4 Å². The van der Waals surface area contributed by atoms with Crippen LogP contribution in [0.5, 0.6) is 0 Å². The summed E-state index contributed by atoms with van der Waals surface area (Å²) in [4.78, 5) is 38.9. The van der Waals surface area contributed by atoms with Crippen LogP contribution in [0.4, 0.5) is 0 Å². The van der Waals surface area contributed by atoms with Crippen LogP contribution in [-0.4, -0.2) is 48.4 Å². The molecule has 2 atom stereocenters. The lowest BCUT2D eigenvalue weighted by atomic mass is 9.85. The molecule has 6 nitrogen and oxygen atoms in total. The van der Waals surface area contributed by atoms with Crippen molar-refractivity contribution in [3.05, 3.63) is 11.6 Å². The molecule has 2 unspecified atom stereocenters. The molecule has 0 spiro atoms. The van der Waals surface area contributed by atoms with Crippen LogP contribution in [0.1, 0.15) is 68.2 Å². The Hall–Kier alpha value is -1.85. The van der Waals surface area contributed by atoms with Gasteiger partial charge in [-0.2, -0.15) is 0 Å². The number of hydrogen-bond acceptors (Lipinski definition) is 4. The first kappa shape index (κ1) is 25.1. The summed E-state index contributed by atoms with van der Waals surface area (Å²) in [7, 11) is 1.71. The normalized spacial score (nSPS) is 14.5. The van der Waals surface area contributed by atoms with Crippen molar-refractivity contribution in [3.8, 4) is 0 Å². The van der Waals surface area contributed by atoms with Crippen molar-refractivity contribution < 1.29 is 19.1 Å². The summed E-state index contributed by atoms with van der Waals surface area (Å²) in [5.74, 6) is -0.583. The van der Waals surface area contributed by atoms with E-state index in [4.69, 9.17) is 4.74 Å². The van der Waals surface area contributed by atoms with Gasteiger partial charge in [-0.3, -0.25) is 9.59 Å². The van der Waals surface area contributed by atoms with Gasteiger partial charge in [0.05, 0.1) is 12.6 Å². The molecule has 0 bridgehead atoms. The fraction of sp³-hybridized carbons (Fsp3) is 0.762. The van der Waals surface area contributed by atoms with Crippen LogP contribution in [0, 0.1) is 11.3 Å². The maximum Gasteiger partial charge on any atom is 0.333 e. The Morgan fingerprint density at radius 2 is 1.70 bits per heavy atom. The predicted molar refractivity (Wildman–Crippen MR) is 108 cm³/mol. The molecule has 1 N–H and O–H groups in total. The first-order chi connectivity index (χ1) is 12.4. The van der Waals surface area contributed by atoms with Gasteiger partial charge in [-0.05, 0) is 31.6 Å². The van der Waals surface area contributed by atoms with E-state index < -0.39 is 11.5 Å². The van der Waals surface area contributed by atoms with Crippen LogP contribution in [-0.2, 0) is 19.1 Å². The molecule has 0 aromatic rings. The first-order valence-electron chi connectivity index (χ1n) is 9.78. The molecule has 6 heteroatoms. The van der Waals surface area contributed by atoms with Crippen LogP contribution >= 0.6 is 0 Å². The third-order valence-corrected chi connectivity index (χ3v) is 4.39. The smallest absolute Gasteiger partial charge is 0.333 e. The standard InChI is InChI=1S/C21H38N2O4/c1-10-12-17(24)22-18(21(6,7)8)19(25)23(9)16(14(3)4)13-15(5)20(26)27-11-2/h13-14,16,18H,10-12H2,1-9H3,(H,22,24)/b15-13+. The molecule has 0 saturated heterocycles. The number of rotatable bonds is 9. The second kappa shape index (κ2) is 11.1. The largest absolute Gasteiger partial charge is 0.463 e. The van der Waals surface area contributed by atoms with Crippen molar-refractivity contribution in [1.82, 2.24) is 10.2 Å². The average molecular weight is 383 g/mol. The Bertz CT molecular complexity index is 547. The van der Waals surface area contributed by atoms with E-state index in [2.05, 4.69) is 5.32 Å². The summed E-state index contributed by atoms with van der Waals surface area (Å²) in [6.45, 7) is 15.5. The molecular weight excluding hydrogens is 344 g/mol. The summed E-state index contributed by atoms with van der Waals surface area (Å²) in [5.41, 5.74) is 0.0356. The maximum absolute atomic E-state index is 13.2. The molecular formula is C21H38N2O4. The fourth-order valence-electron chi connectivity index (χ4n) is 2.78. The lowest BCUT2D eigenvalue weighted by Crippen LogP contribution is -2.56. The predicted octanol–water partition coefficient (Wildman–Crippen LogP) is 3.31. The topological polar surface area (TPSA) is 75.7 Å². The lowest BCUT2D eigenvalue weighted by molar-refractivity contribution is -0.140. The molecule has 0 fully saturated rings. The zero-order valence-electron chi connectivity index (χ0n) is 18.5. The fourth-order valence-corrected chi connectivity index (χ4v) is 2.78. The highest BCUT2D eigenvalue weighted by molar-refractivity contribution is 5.89. The van der Waals surface area contributed by atoms with Crippen LogP contribution in [0.15, 0.2) is 11.6 Å². The highest BCUT2D eigenvalue weighted by Crippen LogP contribution is 2.24. The molecule has 0 radical (unpaired) electrons. The van der Waals surface area contributed by atoms with E-state index >= 15 is 0 Å². The highest BCUT2D eigenvalue weighted by atomic mass is 16.5. The molecule has 0 aromatic heterocycles. The number of nitrogens with zero attached hydrogens (tertiary/aromatic N) is 1. The Balaban J connectivity index is 5.63. The van der Waals surface area contributed by atoms with Gasteiger partial charge in [0.15, 0.2) is 0 Å². The zero-order valence-corrected chi connectivity index (χ0v) is 18.5. The van der Waals surface area contributed by atoms with Crippen LogP contribution in [0.25, 0.3) is 0 Å². The van der Waals surface area contributed by atoms with E-state index in [1.807, 2.05) is 41.5 Å². The first-order valence-corrected chi connectivity index (χ1v) is 9.78. The third kappa shape index (κ3) is 8.14. The number of amides is 2. The Kier molecular flexibility index (Phi) is 10.3. The van der Waals surface area contributed by atoms with E-state index in [-0.39, 0.29) is 29.7 Å². The van der Waals surface area contributed by atoms with Crippen molar-refractivity contribution in [2.45, 2.75) is 80.3 Å². The van der Waals surface area contributed by atoms with E-state index in [0.29, 0.717) is 18.6 Å². The molecule has 0 aliphatic heterocycles. The number of likely N-dealkylation sites (N-methyl/N-ethyl adjacent to an activating group) is 1. The van der Waals surface area contributed by atoms with Gasteiger partial charge in [0.25, 0.3) is 0 Å². The molecule has 156 valence electrons. The molecule has 0 aliphatic carbocycles. The number of hydrogen-bond donors (Lipinski definition) is 1. The van der Waals surface area contributed by atoms with Crippen LogP contribution in [0.3, 0.4) is 0 Å². The number of ether oxygens (including phenoxy) is 1. The summed E-state index contributed by atoms with van der Waals surface area (Å²) in [6.07, 6.45) is 2.88. The summed E-state index contributed by atoms with van der Waals surface area (Å²) >= 11 is 0. The molecule has 0 saturated carbocycles. The van der Waals surface area contributed by atoms with Crippen molar-refractivity contribution in [3.63, 3.8) is 0 Å².